The lowest BCUT2D eigenvalue weighted by molar-refractivity contribution is 0.312. The van der Waals surface area contributed by atoms with Crippen molar-refractivity contribution in [2.75, 3.05) is 11.5 Å². The second kappa shape index (κ2) is 4.52. The lowest BCUT2D eigenvalue weighted by Crippen LogP contribution is -2.46. The van der Waals surface area contributed by atoms with Crippen LogP contribution in [0.15, 0.2) is 0 Å². The number of rotatable bonds is 3. The standard InChI is InChI=1S/C10H21NS/c1-4-10(2,3)11-9-5-7-12-8-6-9/h9,11H,4-8H2,1-3H3. The third-order valence-corrected chi connectivity index (χ3v) is 3.75. The van der Waals surface area contributed by atoms with Crippen LogP contribution in [0, 0.1) is 0 Å². The summed E-state index contributed by atoms with van der Waals surface area (Å²) in [7, 11) is 0. The molecule has 1 aliphatic heterocycles. The van der Waals surface area contributed by atoms with Crippen molar-refractivity contribution in [3.63, 3.8) is 0 Å². The molecule has 0 amide bonds. The molecule has 0 aromatic heterocycles. The molecule has 1 saturated heterocycles. The predicted molar refractivity (Wildman–Crippen MR) is 57.9 cm³/mol. The molecule has 0 aromatic rings. The zero-order valence-corrected chi connectivity index (χ0v) is 9.34. The van der Waals surface area contributed by atoms with Crippen LogP contribution in [0.25, 0.3) is 0 Å². The first-order valence-electron chi connectivity index (χ1n) is 4.99. The van der Waals surface area contributed by atoms with E-state index in [1.807, 2.05) is 0 Å². The van der Waals surface area contributed by atoms with Gasteiger partial charge >= 0.3 is 0 Å². The molecule has 12 heavy (non-hydrogen) atoms. The third kappa shape index (κ3) is 3.36. The molecule has 0 spiro atoms. The van der Waals surface area contributed by atoms with Crippen LogP contribution < -0.4 is 5.32 Å². The van der Waals surface area contributed by atoms with Crippen molar-refractivity contribution in [2.45, 2.75) is 51.6 Å². The zero-order valence-electron chi connectivity index (χ0n) is 8.52. The smallest absolute Gasteiger partial charge is 0.0125 e. The molecule has 1 fully saturated rings. The lowest BCUT2D eigenvalue weighted by Gasteiger charge is -2.33. The molecule has 0 aliphatic carbocycles. The molecule has 0 saturated carbocycles. The topological polar surface area (TPSA) is 12.0 Å². The Labute approximate surface area is 80.7 Å². The van der Waals surface area contributed by atoms with Gasteiger partial charge in [-0.2, -0.15) is 11.8 Å². The molecule has 0 bridgehead atoms. The van der Waals surface area contributed by atoms with Crippen molar-refractivity contribution in [3.8, 4) is 0 Å². The molecule has 72 valence electrons. The average Bonchev–Trinajstić information content (AvgIpc) is 2.06. The highest BCUT2D eigenvalue weighted by Gasteiger charge is 2.21. The van der Waals surface area contributed by atoms with E-state index in [4.69, 9.17) is 0 Å². The molecule has 1 N–H and O–H groups in total. The van der Waals surface area contributed by atoms with Gasteiger partial charge in [-0.3, -0.25) is 0 Å². The van der Waals surface area contributed by atoms with Crippen molar-refractivity contribution >= 4 is 11.8 Å². The van der Waals surface area contributed by atoms with Crippen molar-refractivity contribution in [1.29, 1.82) is 0 Å². The van der Waals surface area contributed by atoms with Crippen LogP contribution in [0.5, 0.6) is 0 Å². The van der Waals surface area contributed by atoms with Gasteiger partial charge in [0.25, 0.3) is 0 Å². The Morgan fingerprint density at radius 3 is 2.42 bits per heavy atom. The van der Waals surface area contributed by atoms with E-state index >= 15 is 0 Å². The summed E-state index contributed by atoms with van der Waals surface area (Å²) < 4.78 is 0. The average molecular weight is 187 g/mol. The predicted octanol–water partition coefficient (Wildman–Crippen LogP) is 2.66. The van der Waals surface area contributed by atoms with Crippen LogP contribution in [-0.4, -0.2) is 23.1 Å². The summed E-state index contributed by atoms with van der Waals surface area (Å²) in [5.41, 5.74) is 0.340. The van der Waals surface area contributed by atoms with E-state index in [9.17, 15) is 0 Å². The van der Waals surface area contributed by atoms with Crippen LogP contribution in [0.1, 0.15) is 40.0 Å². The van der Waals surface area contributed by atoms with E-state index in [0.717, 1.165) is 6.04 Å². The third-order valence-electron chi connectivity index (χ3n) is 2.70. The van der Waals surface area contributed by atoms with Gasteiger partial charge in [-0.25, -0.2) is 0 Å². The van der Waals surface area contributed by atoms with Crippen LogP contribution in [0.4, 0.5) is 0 Å². The molecular formula is C10H21NS. The number of nitrogens with one attached hydrogen (secondary N) is 1. The molecule has 1 aliphatic rings. The van der Waals surface area contributed by atoms with E-state index in [1.54, 1.807) is 0 Å². The van der Waals surface area contributed by atoms with Crippen LogP contribution >= 0.6 is 11.8 Å². The van der Waals surface area contributed by atoms with Crippen molar-refractivity contribution in [3.05, 3.63) is 0 Å². The maximum absolute atomic E-state index is 3.73. The Morgan fingerprint density at radius 2 is 1.92 bits per heavy atom. The first kappa shape index (κ1) is 10.4. The summed E-state index contributed by atoms with van der Waals surface area (Å²) in [4.78, 5) is 0. The molecular weight excluding hydrogens is 166 g/mol. The quantitative estimate of drug-likeness (QED) is 0.729. The first-order valence-corrected chi connectivity index (χ1v) is 6.15. The van der Waals surface area contributed by atoms with Crippen LogP contribution in [0.3, 0.4) is 0 Å². The van der Waals surface area contributed by atoms with E-state index in [-0.39, 0.29) is 0 Å². The Morgan fingerprint density at radius 1 is 1.33 bits per heavy atom. The van der Waals surface area contributed by atoms with Crippen molar-refractivity contribution in [2.24, 2.45) is 0 Å². The Balaban J connectivity index is 2.28. The summed E-state index contributed by atoms with van der Waals surface area (Å²) in [5.74, 6) is 2.69. The number of thioether (sulfide) groups is 1. The monoisotopic (exact) mass is 187 g/mol. The summed E-state index contributed by atoms with van der Waals surface area (Å²) in [6, 6.07) is 0.779. The van der Waals surface area contributed by atoms with E-state index in [0.29, 0.717) is 5.54 Å². The zero-order chi connectivity index (χ0) is 9.03. The van der Waals surface area contributed by atoms with Gasteiger partial charge in [-0.1, -0.05) is 6.92 Å². The maximum atomic E-state index is 3.73. The highest BCUT2D eigenvalue weighted by atomic mass is 32.2. The van der Waals surface area contributed by atoms with Crippen LogP contribution in [-0.2, 0) is 0 Å². The van der Waals surface area contributed by atoms with Gasteiger partial charge < -0.3 is 5.32 Å². The van der Waals surface area contributed by atoms with Crippen molar-refractivity contribution < 1.29 is 0 Å². The van der Waals surface area contributed by atoms with Crippen molar-refractivity contribution in [1.82, 2.24) is 5.32 Å². The summed E-state index contributed by atoms with van der Waals surface area (Å²) in [6.07, 6.45) is 3.93. The van der Waals surface area contributed by atoms with Gasteiger partial charge in [0.15, 0.2) is 0 Å². The molecule has 0 radical (unpaired) electrons. The number of hydrogen-bond acceptors (Lipinski definition) is 2. The Hall–Kier alpha value is 0.310. The Kier molecular flexibility index (Phi) is 3.91. The van der Waals surface area contributed by atoms with Gasteiger partial charge in [-0.15, -0.1) is 0 Å². The van der Waals surface area contributed by atoms with Gasteiger partial charge in [0.05, 0.1) is 0 Å². The maximum Gasteiger partial charge on any atom is 0.0125 e. The molecule has 0 unspecified atom stereocenters. The largest absolute Gasteiger partial charge is 0.309 e. The van der Waals surface area contributed by atoms with Gasteiger partial charge in [0.1, 0.15) is 0 Å². The SMILES string of the molecule is CCC(C)(C)NC1CCSCC1. The van der Waals surface area contributed by atoms with E-state index < -0.39 is 0 Å². The number of hydrogen-bond donors (Lipinski definition) is 1. The second-order valence-corrected chi connectivity index (χ2v) is 5.49. The Bertz CT molecular complexity index is 128. The first-order chi connectivity index (χ1) is 5.64. The molecule has 1 nitrogen and oxygen atoms in total. The second-order valence-electron chi connectivity index (χ2n) is 4.27. The highest BCUT2D eigenvalue weighted by molar-refractivity contribution is 7.99. The fourth-order valence-corrected chi connectivity index (χ4v) is 2.60. The normalized spacial score (nSPS) is 21.2. The summed E-state index contributed by atoms with van der Waals surface area (Å²) in [5, 5.41) is 3.73. The van der Waals surface area contributed by atoms with Gasteiger partial charge in [0, 0.05) is 11.6 Å². The van der Waals surface area contributed by atoms with E-state index in [1.165, 1.54) is 30.8 Å². The fraction of sp³-hybridized carbons (Fsp3) is 1.00. The summed E-state index contributed by atoms with van der Waals surface area (Å²) >= 11 is 2.09. The highest BCUT2D eigenvalue weighted by Crippen LogP contribution is 2.20. The minimum absolute atomic E-state index is 0.340. The molecule has 0 atom stereocenters. The minimum Gasteiger partial charge on any atom is -0.309 e. The molecule has 2 heteroatoms. The minimum atomic E-state index is 0.340. The summed E-state index contributed by atoms with van der Waals surface area (Å²) in [6.45, 7) is 6.86. The molecule has 0 aromatic carbocycles. The van der Waals surface area contributed by atoms with Gasteiger partial charge in [0.2, 0.25) is 0 Å². The molecule has 1 heterocycles. The lowest BCUT2D eigenvalue weighted by atomic mass is 9.99. The molecule has 1 rings (SSSR count). The fourth-order valence-electron chi connectivity index (χ4n) is 1.50. The van der Waals surface area contributed by atoms with Crippen LogP contribution in [0.2, 0.25) is 0 Å². The van der Waals surface area contributed by atoms with E-state index in [2.05, 4.69) is 37.8 Å². The van der Waals surface area contributed by atoms with Gasteiger partial charge in [-0.05, 0) is 44.6 Å².